The average molecular weight is 256 g/mol. The molecule has 6 nitrogen and oxygen atoms in total. The normalized spacial score (nSPS) is 21.0. The van der Waals surface area contributed by atoms with Crippen LogP contribution in [0.1, 0.15) is 27.2 Å². The van der Waals surface area contributed by atoms with Gasteiger partial charge in [-0.05, 0) is 13.3 Å². The summed E-state index contributed by atoms with van der Waals surface area (Å²) in [4.78, 5) is 27.0. The van der Waals surface area contributed by atoms with E-state index in [1.54, 1.807) is 6.92 Å². The Kier molecular flexibility index (Phi) is 5.55. The minimum atomic E-state index is -0.154. The summed E-state index contributed by atoms with van der Waals surface area (Å²) in [5, 5.41) is 0. The number of hydrogen-bond donors (Lipinski definition) is 2. The molecule has 3 N–H and O–H groups in total. The maximum Gasteiger partial charge on any atom is 0.238 e. The third-order valence-corrected chi connectivity index (χ3v) is 3.83. The van der Waals surface area contributed by atoms with E-state index in [9.17, 15) is 9.59 Å². The van der Waals surface area contributed by atoms with E-state index < -0.39 is 0 Å². The number of amides is 2. The van der Waals surface area contributed by atoms with Gasteiger partial charge < -0.3 is 4.90 Å². The lowest BCUT2D eigenvalue weighted by Gasteiger charge is -2.31. The largest absolute Gasteiger partial charge is 0.342 e. The van der Waals surface area contributed by atoms with Crippen molar-refractivity contribution in [2.45, 2.75) is 33.2 Å². The lowest BCUT2D eigenvalue weighted by Crippen LogP contribution is -2.47. The Bertz CT molecular complexity index is 308. The van der Waals surface area contributed by atoms with Crippen molar-refractivity contribution >= 4 is 11.8 Å². The lowest BCUT2D eigenvalue weighted by atomic mass is 10.0. The second kappa shape index (κ2) is 6.70. The van der Waals surface area contributed by atoms with E-state index in [0.29, 0.717) is 0 Å². The maximum absolute atomic E-state index is 11.5. The molecule has 0 aliphatic carbocycles. The second-order valence-corrected chi connectivity index (χ2v) is 4.93. The molecular formula is C12H24N4O2. The van der Waals surface area contributed by atoms with Crippen LogP contribution in [0.15, 0.2) is 0 Å². The number of carbonyl (C=O) groups is 2. The number of nitrogens with zero attached hydrogens (tertiary/aromatic N) is 2. The highest BCUT2D eigenvalue weighted by Crippen LogP contribution is 2.14. The summed E-state index contributed by atoms with van der Waals surface area (Å²) in [6.07, 6.45) is 0.945. The highest BCUT2D eigenvalue weighted by Gasteiger charge is 2.27. The van der Waals surface area contributed by atoms with Gasteiger partial charge in [0.15, 0.2) is 0 Å². The van der Waals surface area contributed by atoms with Gasteiger partial charge in [-0.1, -0.05) is 6.92 Å². The molecule has 0 aromatic heterocycles. The number of nitrogens with two attached hydrogens (primary N) is 1. The Hall–Kier alpha value is -1.14. The number of hydrazine groups is 1. The molecule has 1 saturated heterocycles. The molecule has 6 heteroatoms. The quantitative estimate of drug-likeness (QED) is 0.407. The standard InChI is InChI=1S/C12H24N4O2/c1-9(12(18)14-13)10(2)15-5-4-6-16(8-7-15)11(3)17/h9-10H,4-8,13H2,1-3H3,(H,14,18). The Morgan fingerprint density at radius 1 is 1.17 bits per heavy atom. The average Bonchev–Trinajstić information content (AvgIpc) is 2.61. The zero-order chi connectivity index (χ0) is 13.7. The van der Waals surface area contributed by atoms with E-state index in [1.165, 1.54) is 0 Å². The highest BCUT2D eigenvalue weighted by atomic mass is 16.2. The highest BCUT2D eigenvalue weighted by molar-refractivity contribution is 5.78. The van der Waals surface area contributed by atoms with Gasteiger partial charge >= 0.3 is 0 Å². The van der Waals surface area contributed by atoms with E-state index in [0.717, 1.165) is 32.6 Å². The topological polar surface area (TPSA) is 78.7 Å². The molecule has 0 bridgehead atoms. The molecule has 18 heavy (non-hydrogen) atoms. The van der Waals surface area contributed by atoms with Crippen LogP contribution in [0.4, 0.5) is 0 Å². The third-order valence-electron chi connectivity index (χ3n) is 3.83. The van der Waals surface area contributed by atoms with Gasteiger partial charge in [0.05, 0.1) is 5.92 Å². The van der Waals surface area contributed by atoms with Crippen molar-refractivity contribution in [3.63, 3.8) is 0 Å². The van der Waals surface area contributed by atoms with Crippen LogP contribution in [-0.4, -0.2) is 53.8 Å². The molecule has 1 heterocycles. The Balaban J connectivity index is 2.57. The molecule has 0 saturated carbocycles. The monoisotopic (exact) mass is 256 g/mol. The summed E-state index contributed by atoms with van der Waals surface area (Å²) in [6, 6.07) is 0.125. The predicted molar refractivity (Wildman–Crippen MR) is 69.4 cm³/mol. The molecule has 1 aliphatic rings. The summed E-state index contributed by atoms with van der Waals surface area (Å²) < 4.78 is 0. The van der Waals surface area contributed by atoms with Gasteiger partial charge in [-0.3, -0.25) is 19.9 Å². The number of hydrogen-bond acceptors (Lipinski definition) is 4. The first-order valence-electron chi connectivity index (χ1n) is 6.47. The van der Waals surface area contributed by atoms with E-state index in [4.69, 9.17) is 5.84 Å². The molecule has 2 amide bonds. The zero-order valence-electron chi connectivity index (χ0n) is 11.5. The van der Waals surface area contributed by atoms with Gasteiger partial charge in [-0.2, -0.15) is 0 Å². The fourth-order valence-corrected chi connectivity index (χ4v) is 2.33. The van der Waals surface area contributed by atoms with Gasteiger partial charge in [-0.25, -0.2) is 5.84 Å². The summed E-state index contributed by atoms with van der Waals surface area (Å²) in [5.74, 6) is 4.99. The smallest absolute Gasteiger partial charge is 0.238 e. The summed E-state index contributed by atoms with van der Waals surface area (Å²) in [7, 11) is 0. The molecule has 0 spiro atoms. The molecule has 1 fully saturated rings. The van der Waals surface area contributed by atoms with Crippen LogP contribution in [0, 0.1) is 5.92 Å². The van der Waals surface area contributed by atoms with Crippen molar-refractivity contribution < 1.29 is 9.59 Å². The third kappa shape index (κ3) is 3.68. The van der Waals surface area contributed by atoms with Gasteiger partial charge in [0.2, 0.25) is 11.8 Å². The number of rotatable bonds is 3. The van der Waals surface area contributed by atoms with Crippen LogP contribution >= 0.6 is 0 Å². The zero-order valence-corrected chi connectivity index (χ0v) is 11.5. The predicted octanol–water partition coefficient (Wildman–Crippen LogP) is -0.445. The first kappa shape index (κ1) is 14.9. The van der Waals surface area contributed by atoms with Crippen molar-refractivity contribution in [2.24, 2.45) is 11.8 Å². The fourth-order valence-electron chi connectivity index (χ4n) is 2.33. The Morgan fingerprint density at radius 2 is 1.83 bits per heavy atom. The van der Waals surface area contributed by atoms with Crippen LogP contribution in [-0.2, 0) is 9.59 Å². The van der Waals surface area contributed by atoms with Crippen LogP contribution < -0.4 is 11.3 Å². The molecule has 0 radical (unpaired) electrons. The molecule has 2 unspecified atom stereocenters. The molecule has 0 aromatic rings. The van der Waals surface area contributed by atoms with Crippen molar-refractivity contribution in [3.05, 3.63) is 0 Å². The van der Waals surface area contributed by atoms with Gasteiger partial charge in [0.25, 0.3) is 0 Å². The molecular weight excluding hydrogens is 232 g/mol. The van der Waals surface area contributed by atoms with Crippen LogP contribution in [0.2, 0.25) is 0 Å². The Morgan fingerprint density at radius 3 is 2.39 bits per heavy atom. The molecule has 1 rings (SSSR count). The second-order valence-electron chi connectivity index (χ2n) is 4.93. The number of carbonyl (C=O) groups excluding carboxylic acids is 2. The maximum atomic E-state index is 11.5. The first-order valence-corrected chi connectivity index (χ1v) is 6.47. The van der Waals surface area contributed by atoms with E-state index in [-0.39, 0.29) is 23.8 Å². The van der Waals surface area contributed by atoms with E-state index in [2.05, 4.69) is 10.3 Å². The first-order chi connectivity index (χ1) is 8.47. The van der Waals surface area contributed by atoms with Crippen molar-refractivity contribution in [1.82, 2.24) is 15.2 Å². The summed E-state index contributed by atoms with van der Waals surface area (Å²) in [6.45, 7) is 8.76. The van der Waals surface area contributed by atoms with Crippen LogP contribution in [0.5, 0.6) is 0 Å². The van der Waals surface area contributed by atoms with Gasteiger partial charge in [0, 0.05) is 39.1 Å². The van der Waals surface area contributed by atoms with Crippen LogP contribution in [0.25, 0.3) is 0 Å². The minimum absolute atomic E-state index is 0.122. The molecule has 2 atom stereocenters. The van der Waals surface area contributed by atoms with Crippen LogP contribution in [0.3, 0.4) is 0 Å². The minimum Gasteiger partial charge on any atom is -0.342 e. The lowest BCUT2D eigenvalue weighted by molar-refractivity contribution is -0.129. The van der Waals surface area contributed by atoms with E-state index in [1.807, 2.05) is 18.7 Å². The summed E-state index contributed by atoms with van der Waals surface area (Å²) >= 11 is 0. The summed E-state index contributed by atoms with van der Waals surface area (Å²) in [5.41, 5.74) is 2.20. The molecule has 104 valence electrons. The molecule has 1 aliphatic heterocycles. The molecule has 0 aromatic carbocycles. The SMILES string of the molecule is CC(=O)N1CCCN(C(C)C(C)C(=O)NN)CC1. The van der Waals surface area contributed by atoms with E-state index >= 15 is 0 Å². The van der Waals surface area contributed by atoms with Gasteiger partial charge in [0.1, 0.15) is 0 Å². The number of nitrogens with one attached hydrogen (secondary N) is 1. The van der Waals surface area contributed by atoms with Gasteiger partial charge in [-0.15, -0.1) is 0 Å². The fraction of sp³-hybridized carbons (Fsp3) is 0.833. The Labute approximate surface area is 108 Å². The van der Waals surface area contributed by atoms with Crippen molar-refractivity contribution in [3.8, 4) is 0 Å². The van der Waals surface area contributed by atoms with Crippen molar-refractivity contribution in [1.29, 1.82) is 0 Å². The van der Waals surface area contributed by atoms with Crippen molar-refractivity contribution in [2.75, 3.05) is 26.2 Å².